The van der Waals surface area contributed by atoms with E-state index in [1.54, 1.807) is 36.2 Å². The van der Waals surface area contributed by atoms with Crippen LogP contribution in [0.25, 0.3) is 5.69 Å². The molecule has 2 aliphatic heterocycles. The Kier molecular flexibility index (Phi) is 4.46. The van der Waals surface area contributed by atoms with Gasteiger partial charge in [-0.25, -0.2) is 4.68 Å². The minimum Gasteiger partial charge on any atom is -0.339 e. The summed E-state index contributed by atoms with van der Waals surface area (Å²) in [6.45, 7) is 0. The van der Waals surface area contributed by atoms with E-state index in [0.29, 0.717) is 23.3 Å². The van der Waals surface area contributed by atoms with Crippen LogP contribution in [0.1, 0.15) is 41.7 Å². The van der Waals surface area contributed by atoms with E-state index in [1.165, 1.54) is 6.20 Å². The van der Waals surface area contributed by atoms with Crippen LogP contribution in [0.2, 0.25) is 0 Å². The summed E-state index contributed by atoms with van der Waals surface area (Å²) in [7, 11) is 1.81. The highest BCUT2D eigenvalue weighted by Gasteiger charge is 2.36. The van der Waals surface area contributed by atoms with Crippen LogP contribution >= 0.6 is 0 Å². The Morgan fingerprint density at radius 1 is 1.22 bits per heavy atom. The fourth-order valence-electron chi connectivity index (χ4n) is 4.11. The van der Waals surface area contributed by atoms with Gasteiger partial charge in [0.15, 0.2) is 5.69 Å². The monoisotopic (exact) mass is 378 g/mol. The van der Waals surface area contributed by atoms with Gasteiger partial charge in [0.05, 0.1) is 5.69 Å². The molecule has 8 heteroatoms. The lowest BCUT2D eigenvalue weighted by molar-refractivity contribution is -0.141. The number of piperidine rings is 1. The zero-order valence-electron chi connectivity index (χ0n) is 14.9. The molecular formula is C19H21F3N4O. The quantitative estimate of drug-likeness (QED) is 0.892. The molecule has 1 aromatic carbocycles. The molecule has 2 atom stereocenters. The van der Waals surface area contributed by atoms with Crippen LogP contribution in [-0.4, -0.2) is 45.8 Å². The first-order valence-electron chi connectivity index (χ1n) is 9.08. The van der Waals surface area contributed by atoms with Crippen molar-refractivity contribution in [3.05, 3.63) is 47.8 Å². The molecule has 2 aliphatic rings. The Morgan fingerprint density at radius 2 is 1.93 bits per heavy atom. The number of carbonyl (C=O) groups is 1. The Morgan fingerprint density at radius 3 is 2.56 bits per heavy atom. The normalized spacial score (nSPS) is 24.8. The maximum Gasteiger partial charge on any atom is 0.435 e. The van der Waals surface area contributed by atoms with Crippen molar-refractivity contribution in [1.82, 2.24) is 20.0 Å². The maximum absolute atomic E-state index is 12.9. The summed E-state index contributed by atoms with van der Waals surface area (Å²) in [6, 6.07) is 8.62. The van der Waals surface area contributed by atoms with E-state index in [9.17, 15) is 18.0 Å². The molecule has 2 aromatic rings. The highest BCUT2D eigenvalue weighted by molar-refractivity contribution is 5.94. The Bertz CT molecular complexity index is 835. The fraction of sp³-hybridized carbons (Fsp3) is 0.474. The third-order valence-electron chi connectivity index (χ3n) is 5.55. The summed E-state index contributed by atoms with van der Waals surface area (Å²) < 4.78 is 39.4. The zero-order valence-corrected chi connectivity index (χ0v) is 14.9. The highest BCUT2D eigenvalue weighted by atomic mass is 19.4. The number of alkyl halides is 3. The van der Waals surface area contributed by atoms with Crippen LogP contribution in [0.4, 0.5) is 13.2 Å². The molecule has 1 amide bonds. The second kappa shape index (κ2) is 6.67. The topological polar surface area (TPSA) is 50.2 Å². The van der Waals surface area contributed by atoms with Crippen LogP contribution in [0, 0.1) is 0 Å². The number of nitrogens with zero attached hydrogens (tertiary/aromatic N) is 3. The van der Waals surface area contributed by atoms with Gasteiger partial charge in [-0.05, 0) is 49.9 Å². The smallest absolute Gasteiger partial charge is 0.339 e. The SMILES string of the molecule is CN(C(=O)c1cccc(-n2ccc(C(F)(F)F)n2)c1)C1CC2CCC(C1)N2. The van der Waals surface area contributed by atoms with Crippen LogP contribution in [0.5, 0.6) is 0 Å². The van der Waals surface area contributed by atoms with E-state index in [0.717, 1.165) is 36.4 Å². The molecule has 0 radical (unpaired) electrons. The third kappa shape index (κ3) is 3.58. The number of benzene rings is 1. The van der Waals surface area contributed by atoms with Crippen LogP contribution in [0.15, 0.2) is 36.5 Å². The van der Waals surface area contributed by atoms with Gasteiger partial charge in [0, 0.05) is 36.9 Å². The van der Waals surface area contributed by atoms with Gasteiger partial charge in [0.2, 0.25) is 0 Å². The second-order valence-electron chi connectivity index (χ2n) is 7.37. The van der Waals surface area contributed by atoms with E-state index in [4.69, 9.17) is 0 Å². The van der Waals surface area contributed by atoms with E-state index >= 15 is 0 Å². The van der Waals surface area contributed by atoms with E-state index in [2.05, 4.69) is 10.4 Å². The number of halogens is 3. The number of nitrogens with one attached hydrogen (secondary N) is 1. The number of hydrogen-bond acceptors (Lipinski definition) is 3. The van der Waals surface area contributed by atoms with Gasteiger partial charge >= 0.3 is 6.18 Å². The molecule has 3 heterocycles. The summed E-state index contributed by atoms with van der Waals surface area (Å²) >= 11 is 0. The van der Waals surface area contributed by atoms with Gasteiger partial charge in [-0.2, -0.15) is 18.3 Å². The van der Waals surface area contributed by atoms with E-state index < -0.39 is 11.9 Å². The largest absolute Gasteiger partial charge is 0.435 e. The summed E-state index contributed by atoms with van der Waals surface area (Å²) in [5, 5.41) is 7.13. The highest BCUT2D eigenvalue weighted by Crippen LogP contribution is 2.30. The molecule has 1 aromatic heterocycles. The molecule has 5 nitrogen and oxygen atoms in total. The van der Waals surface area contributed by atoms with Crippen molar-refractivity contribution < 1.29 is 18.0 Å². The van der Waals surface area contributed by atoms with Gasteiger partial charge in [-0.3, -0.25) is 4.79 Å². The third-order valence-corrected chi connectivity index (χ3v) is 5.55. The van der Waals surface area contributed by atoms with Crippen molar-refractivity contribution in [2.45, 2.75) is 50.0 Å². The standard InChI is InChI=1S/C19H21F3N4O/c1-25(16-10-13-5-6-14(11-16)23-13)18(27)12-3-2-4-15(9-12)26-8-7-17(24-26)19(20,21)22/h2-4,7-9,13-14,16,23H,5-6,10-11H2,1H3. The first-order valence-corrected chi connectivity index (χ1v) is 9.08. The van der Waals surface area contributed by atoms with Crippen molar-refractivity contribution in [2.75, 3.05) is 7.05 Å². The van der Waals surface area contributed by atoms with Crippen molar-refractivity contribution in [3.63, 3.8) is 0 Å². The minimum atomic E-state index is -4.49. The summed E-state index contributed by atoms with van der Waals surface area (Å²) in [5.74, 6) is -0.119. The average Bonchev–Trinajstić information content (AvgIpc) is 3.27. The van der Waals surface area contributed by atoms with Crippen LogP contribution in [0.3, 0.4) is 0 Å². The summed E-state index contributed by atoms with van der Waals surface area (Å²) in [6.07, 6.45) is 0.936. The number of carbonyl (C=O) groups excluding carboxylic acids is 1. The first kappa shape index (κ1) is 18.0. The number of fused-ring (bicyclic) bond motifs is 2. The maximum atomic E-state index is 12.9. The van der Waals surface area contributed by atoms with Gasteiger partial charge in [0.1, 0.15) is 0 Å². The van der Waals surface area contributed by atoms with Crippen molar-refractivity contribution in [1.29, 1.82) is 0 Å². The number of amides is 1. The Hall–Kier alpha value is -2.35. The molecular weight excluding hydrogens is 357 g/mol. The predicted molar refractivity (Wildman–Crippen MR) is 93.6 cm³/mol. The van der Waals surface area contributed by atoms with Gasteiger partial charge in [-0.1, -0.05) is 6.07 Å². The fourth-order valence-corrected chi connectivity index (χ4v) is 4.11. The van der Waals surface area contributed by atoms with Crippen molar-refractivity contribution in [3.8, 4) is 5.69 Å². The van der Waals surface area contributed by atoms with Gasteiger partial charge in [-0.15, -0.1) is 0 Å². The van der Waals surface area contributed by atoms with Crippen LogP contribution in [-0.2, 0) is 6.18 Å². The lowest BCUT2D eigenvalue weighted by Gasteiger charge is -2.35. The first-order chi connectivity index (χ1) is 12.8. The molecule has 2 unspecified atom stereocenters. The minimum absolute atomic E-state index is 0.119. The number of rotatable bonds is 3. The molecule has 0 spiro atoms. The second-order valence-corrected chi connectivity index (χ2v) is 7.37. The van der Waals surface area contributed by atoms with Crippen molar-refractivity contribution >= 4 is 5.91 Å². The molecule has 0 aliphatic carbocycles. The zero-order chi connectivity index (χ0) is 19.2. The molecule has 0 saturated carbocycles. The Labute approximate surface area is 155 Å². The molecule has 2 saturated heterocycles. The van der Waals surface area contributed by atoms with Crippen LogP contribution < -0.4 is 5.32 Å². The predicted octanol–water partition coefficient (Wildman–Crippen LogP) is 3.25. The van der Waals surface area contributed by atoms with Gasteiger partial charge in [0.25, 0.3) is 5.91 Å². The lowest BCUT2D eigenvalue weighted by Crippen LogP contribution is -2.48. The molecule has 144 valence electrons. The molecule has 1 N–H and O–H groups in total. The Balaban J connectivity index is 1.53. The molecule has 27 heavy (non-hydrogen) atoms. The summed E-state index contributed by atoms with van der Waals surface area (Å²) in [4.78, 5) is 14.7. The molecule has 2 bridgehead atoms. The molecule has 2 fully saturated rings. The summed E-state index contributed by atoms with van der Waals surface area (Å²) in [5.41, 5.74) is -0.0819. The van der Waals surface area contributed by atoms with E-state index in [1.807, 2.05) is 0 Å². The van der Waals surface area contributed by atoms with Crippen molar-refractivity contribution in [2.24, 2.45) is 0 Å². The molecule has 4 rings (SSSR count). The van der Waals surface area contributed by atoms with E-state index in [-0.39, 0.29) is 11.9 Å². The number of hydrogen-bond donors (Lipinski definition) is 1. The average molecular weight is 378 g/mol. The number of aromatic nitrogens is 2. The van der Waals surface area contributed by atoms with Gasteiger partial charge < -0.3 is 10.2 Å². The lowest BCUT2D eigenvalue weighted by atomic mass is 9.98.